The zero-order chi connectivity index (χ0) is 13.9. The van der Waals surface area contributed by atoms with Gasteiger partial charge in [-0.3, -0.25) is 4.90 Å². The molecule has 0 aliphatic heterocycles. The van der Waals surface area contributed by atoms with E-state index in [1.54, 1.807) is 12.3 Å². The van der Waals surface area contributed by atoms with Crippen LogP contribution in [0.15, 0.2) is 18.3 Å². The second-order valence-electron chi connectivity index (χ2n) is 5.81. The molecule has 1 aromatic heterocycles. The molecule has 4 nitrogen and oxygen atoms in total. The minimum atomic E-state index is -0.983. The summed E-state index contributed by atoms with van der Waals surface area (Å²) >= 11 is 0. The summed E-state index contributed by atoms with van der Waals surface area (Å²) in [5, 5.41) is 8.91. The highest BCUT2D eigenvalue weighted by Gasteiger charge is 2.23. The molecular weight excluding hydrogens is 228 g/mol. The minimum absolute atomic E-state index is 0.101. The van der Waals surface area contributed by atoms with Crippen LogP contribution in [0.2, 0.25) is 0 Å². The standard InChI is InChI=1S/C14H22N2O2/c1-10(14(2,3)4)16(5)9-11-6-7-15-12(8-11)13(17)18/h6-8,10H,9H2,1-5H3,(H,17,18). The third-order valence-electron chi connectivity index (χ3n) is 3.39. The highest BCUT2D eigenvalue weighted by molar-refractivity contribution is 5.85. The summed E-state index contributed by atoms with van der Waals surface area (Å²) in [7, 11) is 2.05. The van der Waals surface area contributed by atoms with Gasteiger partial charge in [0.05, 0.1) is 0 Å². The van der Waals surface area contributed by atoms with Gasteiger partial charge in [-0.05, 0) is 37.1 Å². The van der Waals surface area contributed by atoms with Gasteiger partial charge in [0.15, 0.2) is 0 Å². The molecule has 0 saturated heterocycles. The van der Waals surface area contributed by atoms with Crippen molar-refractivity contribution < 1.29 is 9.90 Å². The third-order valence-corrected chi connectivity index (χ3v) is 3.39. The summed E-state index contributed by atoms with van der Waals surface area (Å²) in [6.07, 6.45) is 1.55. The first-order chi connectivity index (χ1) is 8.21. The van der Waals surface area contributed by atoms with Gasteiger partial charge in [-0.25, -0.2) is 9.78 Å². The van der Waals surface area contributed by atoms with Crippen molar-refractivity contribution in [2.24, 2.45) is 5.41 Å². The Morgan fingerprint density at radius 1 is 1.50 bits per heavy atom. The molecule has 0 fully saturated rings. The monoisotopic (exact) mass is 250 g/mol. The second-order valence-corrected chi connectivity index (χ2v) is 5.81. The number of hydrogen-bond acceptors (Lipinski definition) is 3. The molecule has 4 heteroatoms. The van der Waals surface area contributed by atoms with E-state index < -0.39 is 5.97 Å². The SMILES string of the molecule is CC(N(C)Cc1ccnc(C(=O)O)c1)C(C)(C)C. The highest BCUT2D eigenvalue weighted by Crippen LogP contribution is 2.24. The number of rotatable bonds is 4. The van der Waals surface area contributed by atoms with Crippen molar-refractivity contribution in [3.05, 3.63) is 29.6 Å². The molecule has 100 valence electrons. The summed E-state index contributed by atoms with van der Waals surface area (Å²) in [5.41, 5.74) is 1.27. The van der Waals surface area contributed by atoms with Crippen molar-refractivity contribution in [1.29, 1.82) is 0 Å². The van der Waals surface area contributed by atoms with Gasteiger partial charge in [-0.1, -0.05) is 20.8 Å². The molecule has 0 aromatic carbocycles. The Balaban J connectivity index is 2.79. The van der Waals surface area contributed by atoms with Gasteiger partial charge in [0.2, 0.25) is 0 Å². The molecule has 0 bridgehead atoms. The highest BCUT2D eigenvalue weighted by atomic mass is 16.4. The second kappa shape index (κ2) is 5.48. The molecule has 18 heavy (non-hydrogen) atoms. The van der Waals surface area contributed by atoms with Gasteiger partial charge in [0, 0.05) is 18.8 Å². The Bertz CT molecular complexity index is 424. The van der Waals surface area contributed by atoms with Crippen molar-refractivity contribution in [2.75, 3.05) is 7.05 Å². The first-order valence-electron chi connectivity index (χ1n) is 6.10. The molecule has 0 spiro atoms. The van der Waals surface area contributed by atoms with E-state index in [0.717, 1.165) is 12.1 Å². The van der Waals surface area contributed by atoms with Crippen LogP contribution in [0.1, 0.15) is 43.7 Å². The van der Waals surface area contributed by atoms with E-state index in [2.05, 4.69) is 44.6 Å². The van der Waals surface area contributed by atoms with Gasteiger partial charge in [-0.15, -0.1) is 0 Å². The lowest BCUT2D eigenvalue weighted by atomic mass is 9.87. The third kappa shape index (κ3) is 3.81. The van der Waals surface area contributed by atoms with Crippen LogP contribution in [0.5, 0.6) is 0 Å². The molecule has 0 radical (unpaired) electrons. The summed E-state index contributed by atoms with van der Waals surface area (Å²) in [6.45, 7) is 9.50. The molecule has 1 heterocycles. The number of hydrogen-bond donors (Lipinski definition) is 1. The molecule has 1 atom stereocenters. The van der Waals surface area contributed by atoms with Crippen molar-refractivity contribution >= 4 is 5.97 Å². The number of nitrogens with zero attached hydrogens (tertiary/aromatic N) is 2. The van der Waals surface area contributed by atoms with Gasteiger partial charge < -0.3 is 5.11 Å². The lowest BCUT2D eigenvalue weighted by Crippen LogP contribution is -2.38. The van der Waals surface area contributed by atoms with Gasteiger partial charge in [0.1, 0.15) is 5.69 Å². The molecule has 0 amide bonds. The van der Waals surface area contributed by atoms with Crippen LogP contribution in [0, 0.1) is 5.41 Å². The summed E-state index contributed by atoms with van der Waals surface area (Å²) in [4.78, 5) is 16.9. The number of carboxylic acid groups (broad SMARTS) is 1. The van der Waals surface area contributed by atoms with Crippen LogP contribution in [0.3, 0.4) is 0 Å². The largest absolute Gasteiger partial charge is 0.477 e. The number of carboxylic acids is 1. The Morgan fingerprint density at radius 3 is 2.61 bits per heavy atom. The molecule has 0 aliphatic rings. The van der Waals surface area contributed by atoms with Crippen molar-refractivity contribution in [3.8, 4) is 0 Å². The minimum Gasteiger partial charge on any atom is -0.477 e. The Labute approximate surface area is 109 Å². The predicted molar refractivity (Wildman–Crippen MR) is 71.6 cm³/mol. The zero-order valence-corrected chi connectivity index (χ0v) is 11.8. The quantitative estimate of drug-likeness (QED) is 0.892. The Morgan fingerprint density at radius 2 is 2.11 bits per heavy atom. The maximum Gasteiger partial charge on any atom is 0.354 e. The Kier molecular flexibility index (Phi) is 4.46. The molecule has 0 saturated carbocycles. The van der Waals surface area contributed by atoms with Crippen molar-refractivity contribution in [1.82, 2.24) is 9.88 Å². The van der Waals surface area contributed by atoms with E-state index >= 15 is 0 Å². The first-order valence-corrected chi connectivity index (χ1v) is 6.10. The van der Waals surface area contributed by atoms with Crippen LogP contribution in [-0.2, 0) is 6.54 Å². The zero-order valence-electron chi connectivity index (χ0n) is 11.8. The van der Waals surface area contributed by atoms with E-state index in [-0.39, 0.29) is 11.1 Å². The van der Waals surface area contributed by atoms with Gasteiger partial charge in [0.25, 0.3) is 0 Å². The Hall–Kier alpha value is -1.42. The number of pyridine rings is 1. The van der Waals surface area contributed by atoms with E-state index in [4.69, 9.17) is 5.11 Å². The normalized spacial score (nSPS) is 13.7. The van der Waals surface area contributed by atoms with E-state index in [1.807, 2.05) is 6.07 Å². The van der Waals surface area contributed by atoms with Gasteiger partial charge in [-0.2, -0.15) is 0 Å². The van der Waals surface area contributed by atoms with E-state index in [0.29, 0.717) is 6.04 Å². The molecule has 1 rings (SSSR count). The number of aromatic nitrogens is 1. The van der Waals surface area contributed by atoms with Crippen LogP contribution in [0.25, 0.3) is 0 Å². The number of aromatic carboxylic acids is 1. The fourth-order valence-corrected chi connectivity index (χ4v) is 1.78. The van der Waals surface area contributed by atoms with Crippen LogP contribution in [0.4, 0.5) is 0 Å². The van der Waals surface area contributed by atoms with Crippen LogP contribution >= 0.6 is 0 Å². The van der Waals surface area contributed by atoms with Gasteiger partial charge >= 0.3 is 5.97 Å². The van der Waals surface area contributed by atoms with Crippen molar-refractivity contribution in [3.63, 3.8) is 0 Å². The van der Waals surface area contributed by atoms with Crippen molar-refractivity contribution in [2.45, 2.75) is 40.3 Å². The van der Waals surface area contributed by atoms with E-state index in [9.17, 15) is 4.79 Å². The predicted octanol–water partition coefficient (Wildman–Crippen LogP) is 2.65. The summed E-state index contributed by atoms with van der Waals surface area (Å²) < 4.78 is 0. The lowest BCUT2D eigenvalue weighted by molar-refractivity contribution is 0.0690. The first kappa shape index (κ1) is 14.6. The topological polar surface area (TPSA) is 53.4 Å². The maximum absolute atomic E-state index is 10.9. The molecule has 1 N–H and O–H groups in total. The maximum atomic E-state index is 10.9. The molecule has 1 aromatic rings. The average Bonchev–Trinajstić information content (AvgIpc) is 2.27. The fourth-order valence-electron chi connectivity index (χ4n) is 1.78. The fraction of sp³-hybridized carbons (Fsp3) is 0.571. The smallest absolute Gasteiger partial charge is 0.354 e. The van der Waals surface area contributed by atoms with Crippen LogP contribution < -0.4 is 0 Å². The summed E-state index contributed by atoms with van der Waals surface area (Å²) in [6, 6.07) is 3.89. The summed E-state index contributed by atoms with van der Waals surface area (Å²) in [5.74, 6) is -0.983. The van der Waals surface area contributed by atoms with Crippen LogP contribution in [-0.4, -0.2) is 34.0 Å². The molecule has 1 unspecified atom stereocenters. The number of carbonyl (C=O) groups is 1. The molecule has 0 aliphatic carbocycles. The molecular formula is C14H22N2O2. The lowest BCUT2D eigenvalue weighted by Gasteiger charge is -2.35. The average molecular weight is 250 g/mol. The van der Waals surface area contributed by atoms with E-state index in [1.165, 1.54) is 0 Å².